The van der Waals surface area contributed by atoms with E-state index in [0.29, 0.717) is 0 Å². The maximum Gasteiger partial charge on any atom is 0.0919 e. The molecule has 4 nitrogen and oxygen atoms in total. The van der Waals surface area contributed by atoms with E-state index < -0.39 is 0 Å². The minimum Gasteiger partial charge on any atom is -0.362 e. The first-order valence-electron chi connectivity index (χ1n) is 5.38. The average Bonchev–Trinajstić information content (AvgIpc) is 2.88. The van der Waals surface area contributed by atoms with Crippen molar-refractivity contribution >= 4 is 0 Å². The molecule has 1 aliphatic rings. The molecule has 0 radical (unpaired) electrons. The van der Waals surface area contributed by atoms with Crippen molar-refractivity contribution in [3.05, 3.63) is 31.1 Å². The highest BCUT2D eigenvalue weighted by Crippen LogP contribution is 2.04. The number of hydrogen-bond acceptors (Lipinski definition) is 3. The van der Waals surface area contributed by atoms with E-state index >= 15 is 0 Å². The number of H-pyrrole nitrogens is 1. The number of rotatable bonds is 3. The second-order valence-corrected chi connectivity index (χ2v) is 3.62. The molecular weight excluding hydrogens is 188 g/mol. The highest BCUT2D eigenvalue weighted by molar-refractivity contribution is 4.88. The summed E-state index contributed by atoms with van der Waals surface area (Å²) >= 11 is 0. The SMILES string of the molecule is CCCCN1C=CN(C)C1.c1c[nH]cn1. The van der Waals surface area contributed by atoms with Crippen molar-refractivity contribution in [3.63, 3.8) is 0 Å². The Balaban J connectivity index is 0.000000187. The van der Waals surface area contributed by atoms with Crippen LogP contribution in [0, 0.1) is 0 Å². The van der Waals surface area contributed by atoms with Crippen LogP contribution in [0.3, 0.4) is 0 Å². The number of imidazole rings is 1. The van der Waals surface area contributed by atoms with Crippen LogP contribution in [0.2, 0.25) is 0 Å². The predicted octanol–water partition coefficient (Wildman–Crippen LogP) is 1.87. The van der Waals surface area contributed by atoms with Crippen LogP contribution in [0.5, 0.6) is 0 Å². The van der Waals surface area contributed by atoms with E-state index in [1.165, 1.54) is 19.4 Å². The molecule has 84 valence electrons. The Kier molecular flexibility index (Phi) is 5.37. The third-order valence-corrected chi connectivity index (χ3v) is 2.14. The van der Waals surface area contributed by atoms with Crippen LogP contribution < -0.4 is 0 Å². The van der Waals surface area contributed by atoms with Crippen molar-refractivity contribution in [2.75, 3.05) is 20.3 Å². The number of nitrogens with zero attached hydrogens (tertiary/aromatic N) is 3. The van der Waals surface area contributed by atoms with Gasteiger partial charge < -0.3 is 14.8 Å². The lowest BCUT2D eigenvalue weighted by Gasteiger charge is -2.17. The van der Waals surface area contributed by atoms with Gasteiger partial charge in [-0.05, 0) is 6.42 Å². The highest BCUT2D eigenvalue weighted by atomic mass is 15.3. The third-order valence-electron chi connectivity index (χ3n) is 2.14. The van der Waals surface area contributed by atoms with Crippen molar-refractivity contribution in [1.82, 2.24) is 19.8 Å². The van der Waals surface area contributed by atoms with Gasteiger partial charge >= 0.3 is 0 Å². The summed E-state index contributed by atoms with van der Waals surface area (Å²) in [4.78, 5) is 10.9. The first-order chi connectivity index (χ1) is 7.33. The molecule has 0 aliphatic carbocycles. The summed E-state index contributed by atoms with van der Waals surface area (Å²) in [5.74, 6) is 0. The molecule has 1 N–H and O–H groups in total. The molecule has 15 heavy (non-hydrogen) atoms. The Morgan fingerprint density at radius 2 is 2.27 bits per heavy atom. The molecule has 1 aliphatic heterocycles. The van der Waals surface area contributed by atoms with Gasteiger partial charge in [0.05, 0.1) is 13.0 Å². The Labute approximate surface area is 91.6 Å². The molecule has 0 bridgehead atoms. The lowest BCUT2D eigenvalue weighted by atomic mass is 10.3. The van der Waals surface area contributed by atoms with E-state index in [9.17, 15) is 0 Å². The minimum absolute atomic E-state index is 1.07. The fourth-order valence-electron chi connectivity index (χ4n) is 1.31. The lowest BCUT2D eigenvalue weighted by molar-refractivity contribution is 0.293. The van der Waals surface area contributed by atoms with Gasteiger partial charge in [0.25, 0.3) is 0 Å². The van der Waals surface area contributed by atoms with Gasteiger partial charge in [0.1, 0.15) is 0 Å². The molecule has 0 amide bonds. The first kappa shape index (κ1) is 11.6. The van der Waals surface area contributed by atoms with Crippen LogP contribution in [0.1, 0.15) is 19.8 Å². The topological polar surface area (TPSA) is 35.2 Å². The summed E-state index contributed by atoms with van der Waals surface area (Å²) in [7, 11) is 2.10. The lowest BCUT2D eigenvalue weighted by Crippen LogP contribution is -2.23. The van der Waals surface area contributed by atoms with Gasteiger partial charge in [-0.1, -0.05) is 13.3 Å². The highest BCUT2D eigenvalue weighted by Gasteiger charge is 2.05. The molecule has 1 aromatic heterocycles. The normalized spacial score (nSPS) is 14.0. The summed E-state index contributed by atoms with van der Waals surface area (Å²) in [6.07, 6.45) is 12.0. The van der Waals surface area contributed by atoms with Crippen LogP contribution in [0.15, 0.2) is 31.1 Å². The molecular formula is C11H20N4. The molecule has 0 saturated carbocycles. The maximum absolute atomic E-state index is 3.67. The van der Waals surface area contributed by atoms with Crippen LogP contribution in [0.25, 0.3) is 0 Å². The summed E-state index contributed by atoms with van der Waals surface area (Å²) in [6, 6.07) is 0. The number of unbranched alkanes of at least 4 members (excludes halogenated alkanes) is 1. The average molecular weight is 208 g/mol. The molecule has 0 saturated heterocycles. The molecule has 0 atom stereocenters. The summed E-state index contributed by atoms with van der Waals surface area (Å²) in [6.45, 7) is 4.50. The van der Waals surface area contributed by atoms with Crippen molar-refractivity contribution in [2.45, 2.75) is 19.8 Å². The quantitative estimate of drug-likeness (QED) is 0.823. The fraction of sp³-hybridized carbons (Fsp3) is 0.545. The van der Waals surface area contributed by atoms with Crippen LogP contribution in [0.4, 0.5) is 0 Å². The first-order valence-corrected chi connectivity index (χ1v) is 5.38. The molecule has 0 aromatic carbocycles. The molecule has 0 unspecified atom stereocenters. The second kappa shape index (κ2) is 6.92. The monoisotopic (exact) mass is 208 g/mol. The van der Waals surface area contributed by atoms with Gasteiger partial charge in [-0.3, -0.25) is 0 Å². The number of aromatic amines is 1. The Morgan fingerprint density at radius 1 is 1.40 bits per heavy atom. The zero-order valence-corrected chi connectivity index (χ0v) is 9.56. The number of nitrogens with one attached hydrogen (secondary N) is 1. The zero-order valence-electron chi connectivity index (χ0n) is 9.56. The van der Waals surface area contributed by atoms with E-state index in [1.807, 2.05) is 0 Å². The minimum atomic E-state index is 1.07. The van der Waals surface area contributed by atoms with Crippen LogP contribution in [-0.4, -0.2) is 40.0 Å². The molecule has 0 fully saturated rings. The van der Waals surface area contributed by atoms with Gasteiger partial charge in [-0.25, -0.2) is 4.98 Å². The Bertz CT molecular complexity index is 238. The van der Waals surface area contributed by atoms with Crippen molar-refractivity contribution in [3.8, 4) is 0 Å². The Morgan fingerprint density at radius 3 is 2.67 bits per heavy atom. The molecule has 2 rings (SSSR count). The smallest absolute Gasteiger partial charge is 0.0919 e. The van der Waals surface area contributed by atoms with E-state index in [1.54, 1.807) is 18.7 Å². The van der Waals surface area contributed by atoms with Gasteiger partial charge in [-0.15, -0.1) is 0 Å². The third kappa shape index (κ3) is 5.10. The van der Waals surface area contributed by atoms with Crippen molar-refractivity contribution < 1.29 is 0 Å². The van der Waals surface area contributed by atoms with E-state index in [4.69, 9.17) is 0 Å². The molecule has 0 spiro atoms. The zero-order chi connectivity index (χ0) is 10.9. The van der Waals surface area contributed by atoms with Gasteiger partial charge in [0.2, 0.25) is 0 Å². The molecule has 1 aromatic rings. The summed E-state index contributed by atoms with van der Waals surface area (Å²) in [5, 5.41) is 0. The van der Waals surface area contributed by atoms with Crippen LogP contribution in [-0.2, 0) is 0 Å². The summed E-state index contributed by atoms with van der Waals surface area (Å²) < 4.78 is 0. The van der Waals surface area contributed by atoms with E-state index in [2.05, 4.69) is 46.1 Å². The molecule has 2 heterocycles. The van der Waals surface area contributed by atoms with E-state index in [0.717, 1.165) is 6.67 Å². The largest absolute Gasteiger partial charge is 0.362 e. The Hall–Kier alpha value is -1.45. The van der Waals surface area contributed by atoms with Crippen molar-refractivity contribution in [1.29, 1.82) is 0 Å². The van der Waals surface area contributed by atoms with Crippen LogP contribution >= 0.6 is 0 Å². The number of aromatic nitrogens is 2. The van der Waals surface area contributed by atoms with Gasteiger partial charge in [-0.2, -0.15) is 0 Å². The van der Waals surface area contributed by atoms with E-state index in [-0.39, 0.29) is 0 Å². The predicted molar refractivity (Wildman–Crippen MR) is 62.0 cm³/mol. The second-order valence-electron chi connectivity index (χ2n) is 3.62. The van der Waals surface area contributed by atoms with Gasteiger partial charge in [0.15, 0.2) is 0 Å². The molecule has 4 heteroatoms. The fourth-order valence-corrected chi connectivity index (χ4v) is 1.31. The van der Waals surface area contributed by atoms with Crippen molar-refractivity contribution in [2.24, 2.45) is 0 Å². The standard InChI is InChI=1S/C8H16N2.C3H4N2/c1-3-4-5-10-7-6-9(2)8-10;1-2-5-3-4-1/h6-7H,3-5,8H2,1-2H3;1-3H,(H,4,5). The maximum atomic E-state index is 3.67. The number of hydrogen-bond donors (Lipinski definition) is 1. The van der Waals surface area contributed by atoms with Gasteiger partial charge in [0, 0.05) is 38.4 Å². The summed E-state index contributed by atoms with van der Waals surface area (Å²) in [5.41, 5.74) is 0.